The Bertz CT molecular complexity index is 871. The van der Waals surface area contributed by atoms with Crippen LogP contribution in [-0.2, 0) is 14.8 Å². The number of hydrogen-bond donors (Lipinski definition) is 1. The van der Waals surface area contributed by atoms with Crippen molar-refractivity contribution < 1.29 is 17.9 Å². The zero-order valence-corrected chi connectivity index (χ0v) is 13.5. The summed E-state index contributed by atoms with van der Waals surface area (Å²) in [5.74, 6) is -0.625. The highest BCUT2D eigenvalue weighted by Crippen LogP contribution is 2.36. The predicted molar refractivity (Wildman–Crippen MR) is 79.5 cm³/mol. The second kappa shape index (κ2) is 4.94. The first-order valence-corrected chi connectivity index (χ1v) is 8.41. The van der Waals surface area contributed by atoms with Gasteiger partial charge in [-0.15, -0.1) is 0 Å². The smallest absolute Gasteiger partial charge is 0.356 e. The molecule has 0 bridgehead atoms. The van der Waals surface area contributed by atoms with Gasteiger partial charge in [-0.05, 0) is 25.8 Å². The van der Waals surface area contributed by atoms with Gasteiger partial charge in [-0.3, -0.25) is 4.40 Å². The van der Waals surface area contributed by atoms with Gasteiger partial charge in [0.05, 0.1) is 18.3 Å². The SMILES string of the molecule is COC(=O)c1cnc2c(Cl)cc(S(=O)(=O)NC3(C)CC3)cn12. The quantitative estimate of drug-likeness (QED) is 0.852. The van der Waals surface area contributed by atoms with E-state index in [2.05, 4.69) is 14.4 Å². The summed E-state index contributed by atoms with van der Waals surface area (Å²) in [5, 5.41) is 0.138. The summed E-state index contributed by atoms with van der Waals surface area (Å²) in [5.41, 5.74) is -0.00635. The van der Waals surface area contributed by atoms with Crippen LogP contribution in [0.1, 0.15) is 30.3 Å². The molecule has 2 aromatic heterocycles. The maximum Gasteiger partial charge on any atom is 0.356 e. The van der Waals surface area contributed by atoms with E-state index in [1.807, 2.05) is 6.92 Å². The molecule has 22 heavy (non-hydrogen) atoms. The topological polar surface area (TPSA) is 89.8 Å². The van der Waals surface area contributed by atoms with E-state index in [4.69, 9.17) is 11.6 Å². The molecule has 2 aromatic rings. The lowest BCUT2D eigenvalue weighted by Crippen LogP contribution is -2.34. The van der Waals surface area contributed by atoms with Crippen molar-refractivity contribution in [3.63, 3.8) is 0 Å². The number of imidazole rings is 1. The molecule has 0 unspecified atom stereocenters. The molecule has 3 rings (SSSR count). The number of sulfonamides is 1. The standard InChI is InChI=1S/C13H14ClN3O4S/c1-13(3-4-13)16-22(19,20)8-5-9(14)11-15-6-10(12(18)21-2)17(11)7-8/h5-7,16H,3-4H2,1-2H3. The summed E-state index contributed by atoms with van der Waals surface area (Å²) in [6, 6.07) is 1.32. The van der Waals surface area contributed by atoms with Crippen LogP contribution >= 0.6 is 11.6 Å². The molecule has 7 nitrogen and oxygen atoms in total. The fourth-order valence-electron chi connectivity index (χ4n) is 2.10. The molecular formula is C13H14ClN3O4S. The van der Waals surface area contributed by atoms with E-state index < -0.39 is 21.5 Å². The maximum atomic E-state index is 12.4. The molecule has 1 aliphatic carbocycles. The lowest BCUT2D eigenvalue weighted by atomic mass is 10.4. The van der Waals surface area contributed by atoms with Gasteiger partial charge in [0.1, 0.15) is 4.90 Å². The van der Waals surface area contributed by atoms with E-state index in [-0.39, 0.29) is 15.6 Å². The second-order valence-electron chi connectivity index (χ2n) is 5.52. The average molecular weight is 344 g/mol. The van der Waals surface area contributed by atoms with Gasteiger partial charge in [0.2, 0.25) is 10.0 Å². The maximum absolute atomic E-state index is 12.4. The highest BCUT2D eigenvalue weighted by molar-refractivity contribution is 7.89. The second-order valence-corrected chi connectivity index (χ2v) is 7.61. The minimum Gasteiger partial charge on any atom is -0.464 e. The molecular weight excluding hydrogens is 330 g/mol. The fraction of sp³-hybridized carbons (Fsp3) is 0.385. The Morgan fingerprint density at radius 1 is 1.50 bits per heavy atom. The van der Waals surface area contributed by atoms with Crippen molar-refractivity contribution in [3.05, 3.63) is 29.2 Å². The van der Waals surface area contributed by atoms with Gasteiger partial charge in [0, 0.05) is 11.7 Å². The van der Waals surface area contributed by atoms with Crippen molar-refractivity contribution in [1.29, 1.82) is 0 Å². The summed E-state index contributed by atoms with van der Waals surface area (Å²) < 4.78 is 33.5. The lowest BCUT2D eigenvalue weighted by molar-refractivity contribution is 0.0592. The van der Waals surface area contributed by atoms with Gasteiger partial charge in [-0.1, -0.05) is 11.6 Å². The average Bonchev–Trinajstić information content (AvgIpc) is 3.00. The van der Waals surface area contributed by atoms with E-state index in [0.717, 1.165) is 12.8 Å². The molecule has 0 saturated heterocycles. The van der Waals surface area contributed by atoms with Gasteiger partial charge in [0.15, 0.2) is 11.3 Å². The van der Waals surface area contributed by atoms with Gasteiger partial charge in [-0.2, -0.15) is 0 Å². The molecule has 0 aliphatic heterocycles. The highest BCUT2D eigenvalue weighted by Gasteiger charge is 2.41. The zero-order chi connectivity index (χ0) is 16.1. The molecule has 1 saturated carbocycles. The molecule has 118 valence electrons. The number of nitrogens with one attached hydrogen (secondary N) is 1. The number of hydrogen-bond acceptors (Lipinski definition) is 5. The third kappa shape index (κ3) is 2.57. The minimum atomic E-state index is -3.73. The first-order valence-electron chi connectivity index (χ1n) is 6.55. The van der Waals surface area contributed by atoms with Gasteiger partial charge < -0.3 is 4.74 Å². The number of pyridine rings is 1. The van der Waals surface area contributed by atoms with Crippen LogP contribution in [0.25, 0.3) is 5.65 Å². The van der Waals surface area contributed by atoms with Crippen LogP contribution in [0, 0.1) is 0 Å². The van der Waals surface area contributed by atoms with Gasteiger partial charge in [-0.25, -0.2) is 22.9 Å². The van der Waals surface area contributed by atoms with E-state index in [9.17, 15) is 13.2 Å². The third-order valence-electron chi connectivity index (χ3n) is 3.62. The third-order valence-corrected chi connectivity index (χ3v) is 5.50. The highest BCUT2D eigenvalue weighted by atomic mass is 35.5. The van der Waals surface area contributed by atoms with Crippen molar-refractivity contribution in [1.82, 2.24) is 14.1 Å². The number of carbonyl (C=O) groups excluding carboxylic acids is 1. The number of rotatable bonds is 4. The van der Waals surface area contributed by atoms with Gasteiger partial charge >= 0.3 is 5.97 Å². The molecule has 0 atom stereocenters. The van der Waals surface area contributed by atoms with Crippen molar-refractivity contribution in [2.45, 2.75) is 30.2 Å². The molecule has 0 radical (unpaired) electrons. The molecule has 0 aromatic carbocycles. The van der Waals surface area contributed by atoms with E-state index >= 15 is 0 Å². The Labute approximate surface area is 132 Å². The summed E-state index contributed by atoms with van der Waals surface area (Å²) in [7, 11) is -2.50. The largest absolute Gasteiger partial charge is 0.464 e. The van der Waals surface area contributed by atoms with Crippen LogP contribution in [0.5, 0.6) is 0 Å². The Balaban J connectivity index is 2.13. The Morgan fingerprint density at radius 2 is 2.18 bits per heavy atom. The van der Waals surface area contributed by atoms with Crippen LogP contribution in [0.3, 0.4) is 0 Å². The molecule has 1 aliphatic rings. The number of carbonyl (C=O) groups is 1. The van der Waals surface area contributed by atoms with Crippen LogP contribution in [0.4, 0.5) is 0 Å². The van der Waals surface area contributed by atoms with Crippen molar-refractivity contribution in [2.24, 2.45) is 0 Å². The number of nitrogens with zero attached hydrogens (tertiary/aromatic N) is 2. The van der Waals surface area contributed by atoms with E-state index in [1.54, 1.807) is 0 Å². The van der Waals surface area contributed by atoms with Crippen LogP contribution < -0.4 is 4.72 Å². The predicted octanol–water partition coefficient (Wildman–Crippen LogP) is 1.61. The molecule has 9 heteroatoms. The molecule has 1 fully saturated rings. The molecule has 1 N–H and O–H groups in total. The number of halogens is 1. The van der Waals surface area contributed by atoms with Crippen LogP contribution in [0.15, 0.2) is 23.4 Å². The van der Waals surface area contributed by atoms with E-state index in [1.165, 1.54) is 30.0 Å². The molecule has 0 amide bonds. The number of esters is 1. The molecule has 2 heterocycles. The first-order chi connectivity index (χ1) is 10.3. The normalized spacial score (nSPS) is 16.7. The van der Waals surface area contributed by atoms with Crippen LogP contribution in [-0.4, -0.2) is 36.4 Å². The zero-order valence-electron chi connectivity index (χ0n) is 12.0. The van der Waals surface area contributed by atoms with Crippen molar-refractivity contribution in [3.8, 4) is 0 Å². The number of fused-ring (bicyclic) bond motifs is 1. The Hall–Kier alpha value is -1.64. The van der Waals surface area contributed by atoms with Gasteiger partial charge in [0.25, 0.3) is 0 Å². The van der Waals surface area contributed by atoms with Crippen molar-refractivity contribution >= 4 is 33.2 Å². The fourth-order valence-corrected chi connectivity index (χ4v) is 3.91. The number of aromatic nitrogens is 2. The van der Waals surface area contributed by atoms with Crippen LogP contribution in [0.2, 0.25) is 5.02 Å². The Kier molecular flexibility index (Phi) is 3.42. The first kappa shape index (κ1) is 15.3. The minimum absolute atomic E-state index is 0.0266. The monoisotopic (exact) mass is 343 g/mol. The summed E-state index contributed by atoms with van der Waals surface area (Å²) in [4.78, 5) is 15.7. The summed E-state index contributed by atoms with van der Waals surface area (Å²) in [6.07, 6.45) is 4.19. The van der Waals surface area contributed by atoms with Crippen molar-refractivity contribution in [2.75, 3.05) is 7.11 Å². The van der Waals surface area contributed by atoms with E-state index in [0.29, 0.717) is 5.65 Å². The molecule has 0 spiro atoms. The summed E-state index contributed by atoms with van der Waals surface area (Å²) >= 11 is 6.09. The summed E-state index contributed by atoms with van der Waals surface area (Å²) in [6.45, 7) is 1.84. The number of methoxy groups -OCH3 is 1. The Morgan fingerprint density at radius 3 is 2.77 bits per heavy atom. The number of ether oxygens (including phenoxy) is 1. The lowest BCUT2D eigenvalue weighted by Gasteiger charge is -2.13.